The van der Waals surface area contributed by atoms with Gasteiger partial charge < -0.3 is 10.4 Å². The van der Waals surface area contributed by atoms with Crippen LogP contribution in [0.1, 0.15) is 5.56 Å². The van der Waals surface area contributed by atoms with Crippen LogP contribution in [0.3, 0.4) is 0 Å². The number of aromatic amines is 1. The first-order valence-electron chi connectivity index (χ1n) is 7.62. The lowest BCUT2D eigenvalue weighted by Gasteiger charge is -2.26. The van der Waals surface area contributed by atoms with Gasteiger partial charge in [-0.2, -0.15) is 0 Å². The second-order valence-corrected chi connectivity index (χ2v) is 6.45. The molecule has 0 radical (unpaired) electrons. The van der Waals surface area contributed by atoms with Gasteiger partial charge in [-0.15, -0.1) is 0 Å². The van der Waals surface area contributed by atoms with Crippen molar-refractivity contribution >= 4 is 32.9 Å². The molecule has 3 rings (SSSR count). The van der Waals surface area contributed by atoms with E-state index in [9.17, 15) is 9.90 Å². The minimum Gasteiger partial charge on any atom is -0.494 e. The lowest BCUT2D eigenvalue weighted by molar-refractivity contribution is 0.248. The molecule has 2 aromatic rings. The van der Waals surface area contributed by atoms with Gasteiger partial charge in [-0.1, -0.05) is 15.9 Å². The Kier molecular flexibility index (Phi) is 5.09. The fourth-order valence-electron chi connectivity index (χ4n) is 2.73. The molecule has 2 heterocycles. The molecular weight excluding hydrogens is 360 g/mol. The molecule has 1 aliphatic heterocycles. The average molecular weight is 379 g/mol. The van der Waals surface area contributed by atoms with Crippen LogP contribution in [0.15, 0.2) is 32.5 Å². The molecule has 0 atom stereocenters. The van der Waals surface area contributed by atoms with Crippen LogP contribution < -0.4 is 10.9 Å². The Morgan fingerprint density at radius 2 is 2.09 bits per heavy atom. The summed E-state index contributed by atoms with van der Waals surface area (Å²) in [6.45, 7) is 5.66. The van der Waals surface area contributed by atoms with E-state index >= 15 is 0 Å². The number of rotatable bonds is 4. The summed E-state index contributed by atoms with van der Waals surface area (Å²) in [4.78, 5) is 21.2. The molecule has 0 unspecified atom stereocenters. The van der Waals surface area contributed by atoms with Crippen molar-refractivity contribution in [3.63, 3.8) is 0 Å². The first-order valence-corrected chi connectivity index (χ1v) is 8.42. The van der Waals surface area contributed by atoms with E-state index in [0.29, 0.717) is 22.9 Å². The number of hydrogen-bond acceptors (Lipinski definition) is 5. The van der Waals surface area contributed by atoms with Gasteiger partial charge >= 0.3 is 0 Å². The minimum atomic E-state index is -0.303. The first kappa shape index (κ1) is 16.2. The molecular formula is C16H19BrN4O2. The van der Waals surface area contributed by atoms with Crippen LogP contribution in [0.25, 0.3) is 10.8 Å². The van der Waals surface area contributed by atoms with Gasteiger partial charge in [0, 0.05) is 54.2 Å². The summed E-state index contributed by atoms with van der Waals surface area (Å²) in [5.41, 5.74) is 0.240. The fourth-order valence-corrected chi connectivity index (χ4v) is 3.09. The number of aliphatic imine (C=N–C) groups is 1. The normalized spacial score (nSPS) is 16.4. The van der Waals surface area contributed by atoms with Gasteiger partial charge in [0.1, 0.15) is 0 Å². The topological polar surface area (TPSA) is 80.7 Å². The van der Waals surface area contributed by atoms with Crippen molar-refractivity contribution in [3.8, 4) is 5.88 Å². The molecule has 0 spiro atoms. The number of halogens is 1. The second kappa shape index (κ2) is 7.25. The van der Waals surface area contributed by atoms with E-state index in [0.717, 1.165) is 37.2 Å². The second-order valence-electron chi connectivity index (χ2n) is 5.53. The van der Waals surface area contributed by atoms with Crippen molar-refractivity contribution in [2.75, 3.05) is 39.3 Å². The average Bonchev–Trinajstić information content (AvgIpc) is 2.54. The summed E-state index contributed by atoms with van der Waals surface area (Å²) < 4.78 is 0.852. The van der Waals surface area contributed by atoms with Crippen LogP contribution in [-0.2, 0) is 0 Å². The van der Waals surface area contributed by atoms with E-state index in [1.807, 2.05) is 6.07 Å². The zero-order valence-electron chi connectivity index (χ0n) is 12.7. The smallest absolute Gasteiger partial charge is 0.258 e. The lowest BCUT2D eigenvalue weighted by Crippen LogP contribution is -2.44. The highest BCUT2D eigenvalue weighted by Gasteiger charge is 2.10. The van der Waals surface area contributed by atoms with Crippen molar-refractivity contribution in [1.29, 1.82) is 0 Å². The Balaban J connectivity index is 1.80. The highest BCUT2D eigenvalue weighted by molar-refractivity contribution is 9.10. The summed E-state index contributed by atoms with van der Waals surface area (Å²) in [7, 11) is 0. The van der Waals surface area contributed by atoms with Crippen molar-refractivity contribution in [2.24, 2.45) is 4.99 Å². The number of nitrogens with zero attached hydrogens (tertiary/aromatic N) is 2. The number of aromatic hydroxyl groups is 1. The predicted molar refractivity (Wildman–Crippen MR) is 95.7 cm³/mol. The van der Waals surface area contributed by atoms with Crippen molar-refractivity contribution in [1.82, 2.24) is 15.2 Å². The maximum atomic E-state index is 11.9. The molecule has 0 aliphatic carbocycles. The molecule has 3 N–H and O–H groups in total. The molecule has 0 bridgehead atoms. The van der Waals surface area contributed by atoms with Crippen molar-refractivity contribution in [2.45, 2.75) is 0 Å². The van der Waals surface area contributed by atoms with Crippen LogP contribution in [0.2, 0.25) is 0 Å². The quantitative estimate of drug-likeness (QED) is 0.700. The number of pyridine rings is 1. The van der Waals surface area contributed by atoms with Crippen LogP contribution in [0.4, 0.5) is 0 Å². The predicted octanol–water partition coefficient (Wildman–Crippen LogP) is 1.32. The maximum absolute atomic E-state index is 11.9. The fraction of sp³-hybridized carbons (Fsp3) is 0.375. The van der Waals surface area contributed by atoms with Gasteiger partial charge in [0.2, 0.25) is 5.88 Å². The third kappa shape index (κ3) is 3.80. The van der Waals surface area contributed by atoms with E-state index in [-0.39, 0.29) is 11.4 Å². The van der Waals surface area contributed by atoms with Gasteiger partial charge in [0.25, 0.3) is 5.56 Å². The first-order chi connectivity index (χ1) is 11.1. The molecule has 1 aromatic carbocycles. The summed E-state index contributed by atoms with van der Waals surface area (Å²) in [6.07, 6.45) is 1.64. The number of hydrogen-bond donors (Lipinski definition) is 3. The number of fused-ring (bicyclic) bond motifs is 1. The number of H-pyrrole nitrogens is 1. The standard InChI is InChI=1S/C16H19BrN4O2/c17-11-1-2-12-13(9-11)14(16(23)20-15(12)22)10-19-5-8-21-6-3-18-4-7-21/h1-2,9-10,18H,3-8H2,(H2,20,22,23). The Labute approximate surface area is 142 Å². The van der Waals surface area contributed by atoms with Gasteiger partial charge in [-0.25, -0.2) is 0 Å². The molecule has 23 heavy (non-hydrogen) atoms. The molecule has 0 amide bonds. The van der Waals surface area contributed by atoms with E-state index in [1.165, 1.54) is 0 Å². The summed E-state index contributed by atoms with van der Waals surface area (Å²) >= 11 is 3.40. The summed E-state index contributed by atoms with van der Waals surface area (Å²) in [6, 6.07) is 5.36. The molecule has 6 nitrogen and oxygen atoms in total. The van der Waals surface area contributed by atoms with Crippen LogP contribution in [0.5, 0.6) is 5.88 Å². The highest BCUT2D eigenvalue weighted by Crippen LogP contribution is 2.24. The Morgan fingerprint density at radius 1 is 1.30 bits per heavy atom. The van der Waals surface area contributed by atoms with Crippen molar-refractivity contribution < 1.29 is 5.11 Å². The zero-order chi connectivity index (χ0) is 16.2. The monoisotopic (exact) mass is 378 g/mol. The van der Waals surface area contributed by atoms with Crippen molar-refractivity contribution in [3.05, 3.63) is 38.6 Å². The molecule has 1 aromatic heterocycles. The minimum absolute atomic E-state index is 0.147. The summed E-state index contributed by atoms with van der Waals surface area (Å²) in [5.74, 6) is -0.147. The molecule has 122 valence electrons. The number of benzene rings is 1. The highest BCUT2D eigenvalue weighted by atomic mass is 79.9. The Morgan fingerprint density at radius 3 is 2.87 bits per heavy atom. The molecule has 1 saturated heterocycles. The maximum Gasteiger partial charge on any atom is 0.258 e. The largest absolute Gasteiger partial charge is 0.494 e. The van der Waals surface area contributed by atoms with Gasteiger partial charge in [-0.05, 0) is 18.2 Å². The summed E-state index contributed by atoms with van der Waals surface area (Å²) in [5, 5.41) is 14.6. The number of aromatic nitrogens is 1. The van der Waals surface area contributed by atoms with Crippen LogP contribution in [0, 0.1) is 0 Å². The van der Waals surface area contributed by atoms with Gasteiger partial charge in [0.05, 0.1) is 12.1 Å². The molecule has 1 fully saturated rings. The SMILES string of the molecule is O=c1[nH]c(O)c(C=NCCN2CCNCC2)c2cc(Br)ccc12. The lowest BCUT2D eigenvalue weighted by atomic mass is 10.1. The Hall–Kier alpha value is -1.70. The van der Waals surface area contributed by atoms with E-state index in [1.54, 1.807) is 18.3 Å². The van der Waals surface area contributed by atoms with E-state index in [4.69, 9.17) is 0 Å². The van der Waals surface area contributed by atoms with Gasteiger partial charge in [0.15, 0.2) is 0 Å². The van der Waals surface area contributed by atoms with Crippen LogP contribution in [-0.4, -0.2) is 60.5 Å². The van der Waals surface area contributed by atoms with E-state index in [2.05, 4.69) is 36.1 Å². The molecule has 0 saturated carbocycles. The van der Waals surface area contributed by atoms with Crippen LogP contribution >= 0.6 is 15.9 Å². The van der Waals surface area contributed by atoms with Gasteiger partial charge in [-0.3, -0.25) is 19.7 Å². The molecule has 7 heteroatoms. The van der Waals surface area contributed by atoms with E-state index < -0.39 is 0 Å². The zero-order valence-corrected chi connectivity index (χ0v) is 14.3. The molecule has 1 aliphatic rings. The third-order valence-corrected chi connectivity index (χ3v) is 4.47. The third-order valence-electron chi connectivity index (χ3n) is 3.98. The Bertz CT molecular complexity index is 781. The number of piperazine rings is 1. The number of nitrogens with one attached hydrogen (secondary N) is 2.